The first-order valence-electron chi connectivity index (χ1n) is 19.0. The molecule has 2 bridgehead atoms. The molecule has 0 saturated carbocycles. The van der Waals surface area contributed by atoms with Crippen molar-refractivity contribution in [2.45, 2.75) is 179 Å². The second-order valence-electron chi connectivity index (χ2n) is 16.6. The van der Waals surface area contributed by atoms with Crippen LogP contribution in [-0.4, -0.2) is 148 Å². The van der Waals surface area contributed by atoms with Crippen LogP contribution in [0.15, 0.2) is 11.3 Å². The van der Waals surface area contributed by atoms with Crippen LogP contribution in [-0.2, 0) is 38.0 Å². The van der Waals surface area contributed by atoms with Crippen molar-refractivity contribution in [1.82, 2.24) is 4.90 Å². The van der Waals surface area contributed by atoms with Crippen molar-refractivity contribution in [3.05, 3.63) is 11.3 Å². The first kappa shape index (κ1) is 43.3. The number of hydrogen-bond acceptors (Lipinski definition) is 14. The van der Waals surface area contributed by atoms with E-state index in [1.807, 2.05) is 41.7 Å². The highest BCUT2D eigenvalue weighted by Gasteiger charge is 2.56. The van der Waals surface area contributed by atoms with Crippen LogP contribution in [0.5, 0.6) is 0 Å². The summed E-state index contributed by atoms with van der Waals surface area (Å²) in [7, 11) is 3.46. The Hall–Kier alpha value is -1.43. The van der Waals surface area contributed by atoms with Crippen molar-refractivity contribution in [2.75, 3.05) is 27.3 Å². The first-order valence-corrected chi connectivity index (χ1v) is 19.0. The fourth-order valence-electron chi connectivity index (χ4n) is 8.86. The van der Waals surface area contributed by atoms with Crippen molar-refractivity contribution < 1.29 is 63.5 Å². The molecule has 0 amide bonds. The van der Waals surface area contributed by atoms with Crippen LogP contribution >= 0.6 is 0 Å². The molecule has 0 aliphatic carbocycles. The molecule has 4 rings (SSSR count). The maximum absolute atomic E-state index is 14.2. The average molecular weight is 746 g/mol. The summed E-state index contributed by atoms with van der Waals surface area (Å²) in [5.74, 6) is -2.68. The number of nitrogens with zero attached hydrogens (tertiary/aromatic N) is 1. The van der Waals surface area contributed by atoms with Crippen molar-refractivity contribution in [2.24, 2.45) is 17.8 Å². The zero-order valence-corrected chi connectivity index (χ0v) is 33.3. The van der Waals surface area contributed by atoms with E-state index in [9.17, 15) is 30.3 Å². The Balaban J connectivity index is 1.85. The number of methoxy groups -OCH3 is 1. The molecule has 5 N–H and O–H groups in total. The molecule has 4 aliphatic rings. The molecule has 0 aromatic rings. The van der Waals surface area contributed by atoms with Crippen LogP contribution in [0.25, 0.3) is 0 Å². The van der Waals surface area contributed by atoms with E-state index in [-0.39, 0.29) is 25.0 Å². The van der Waals surface area contributed by atoms with E-state index in [1.54, 1.807) is 27.7 Å². The van der Waals surface area contributed by atoms with Gasteiger partial charge in [0.2, 0.25) is 0 Å². The highest BCUT2D eigenvalue weighted by Crippen LogP contribution is 2.47. The third kappa shape index (κ3) is 8.52. The third-order valence-corrected chi connectivity index (χ3v) is 12.4. The summed E-state index contributed by atoms with van der Waals surface area (Å²) < 4.78 is 44.6. The highest BCUT2D eigenvalue weighted by atomic mass is 16.7. The van der Waals surface area contributed by atoms with Gasteiger partial charge in [-0.3, -0.25) is 4.79 Å². The van der Waals surface area contributed by atoms with Gasteiger partial charge in [0.25, 0.3) is 0 Å². The number of aliphatic hydroxyl groups is 5. The van der Waals surface area contributed by atoms with Crippen LogP contribution in [0, 0.1) is 17.8 Å². The molecule has 14 nitrogen and oxygen atoms in total. The van der Waals surface area contributed by atoms with Gasteiger partial charge < -0.3 is 63.6 Å². The van der Waals surface area contributed by atoms with Crippen LogP contribution in [0.1, 0.15) is 94.9 Å². The molecule has 0 unspecified atom stereocenters. The second kappa shape index (κ2) is 16.7. The summed E-state index contributed by atoms with van der Waals surface area (Å²) in [6.07, 6.45) is -8.45. The molecule has 0 radical (unpaired) electrons. The van der Waals surface area contributed by atoms with Gasteiger partial charge in [-0.2, -0.15) is 0 Å². The largest absolute Gasteiger partial charge is 0.489 e. The van der Waals surface area contributed by atoms with Crippen molar-refractivity contribution in [1.29, 1.82) is 0 Å². The normalized spacial score (nSPS) is 48.1. The van der Waals surface area contributed by atoms with Crippen molar-refractivity contribution in [3.63, 3.8) is 0 Å². The number of likely N-dealkylation sites (N-methyl/N-ethyl adjacent to an activating group) is 1. The third-order valence-electron chi connectivity index (χ3n) is 12.4. The standard InChI is InChI=1S/C38H67NO13/c1-13-39(11)25-16-20(3)47-35(28(25)41)51-33-22(5)30(50-27-18-36(8,46-12)32(43)24(7)48-27)23(6)34(44)49-26(14-15-40)38(10,45)31(42)21(4)29-19(2)17-37(33,9)52-29/h20-28,30-33,35,40-43,45H,13-18H2,1-12H3/t20-,21-,22+,23-,24+,25+,26+,27+,28-,30+,31-,32+,33-,35+,36-,37-,38-/m1/s1. The van der Waals surface area contributed by atoms with Gasteiger partial charge in [0.15, 0.2) is 12.6 Å². The topological polar surface area (TPSA) is 186 Å². The van der Waals surface area contributed by atoms with E-state index in [4.69, 9.17) is 33.2 Å². The van der Waals surface area contributed by atoms with Gasteiger partial charge in [-0.05, 0) is 74.1 Å². The predicted molar refractivity (Wildman–Crippen MR) is 190 cm³/mol. The van der Waals surface area contributed by atoms with Gasteiger partial charge in [0.05, 0.1) is 35.9 Å². The Morgan fingerprint density at radius 3 is 2.23 bits per heavy atom. The summed E-state index contributed by atoms with van der Waals surface area (Å²) in [6, 6.07) is -0.242. The number of rotatable bonds is 9. The highest BCUT2D eigenvalue weighted by molar-refractivity contribution is 5.73. The molecule has 302 valence electrons. The second-order valence-corrected chi connectivity index (χ2v) is 16.6. The number of fused-ring (bicyclic) bond motifs is 2. The van der Waals surface area contributed by atoms with Crippen molar-refractivity contribution in [3.8, 4) is 0 Å². The smallest absolute Gasteiger partial charge is 0.311 e. The minimum Gasteiger partial charge on any atom is -0.489 e. The van der Waals surface area contributed by atoms with Crippen LogP contribution in [0.2, 0.25) is 0 Å². The molecule has 0 aromatic carbocycles. The molecule has 4 aliphatic heterocycles. The molecular weight excluding hydrogens is 678 g/mol. The Morgan fingerprint density at radius 2 is 1.63 bits per heavy atom. The van der Waals surface area contributed by atoms with E-state index in [0.29, 0.717) is 25.1 Å². The van der Waals surface area contributed by atoms with E-state index >= 15 is 0 Å². The monoisotopic (exact) mass is 745 g/mol. The molecular formula is C38H67NO13. The minimum atomic E-state index is -1.98. The number of cyclic esters (lactones) is 1. The minimum absolute atomic E-state index is 0.131. The summed E-state index contributed by atoms with van der Waals surface area (Å²) in [5, 5.41) is 56.0. The van der Waals surface area contributed by atoms with Gasteiger partial charge in [-0.1, -0.05) is 20.8 Å². The van der Waals surface area contributed by atoms with E-state index in [1.165, 1.54) is 14.0 Å². The SMILES string of the molecule is CCN(C)[C@H]1C[C@@H](C)O[C@@H](O[C@@H]2[C@@H](C)[C@H](O[C@H]3C[C@@](C)(OC)[C@@H](O)[C@H](C)O3)[C@@H](C)C(=O)O[C@@H](CCO)[C@@](C)(O)[C@H](O)[C@H](C)C3=C(C)C[C@@]2(C)O3)[C@@H]1O. The summed E-state index contributed by atoms with van der Waals surface area (Å²) in [6.45, 7) is 18.2. The maximum Gasteiger partial charge on any atom is 0.311 e. The van der Waals surface area contributed by atoms with Crippen LogP contribution < -0.4 is 0 Å². The molecule has 4 heterocycles. The number of hydrogen-bond donors (Lipinski definition) is 5. The maximum atomic E-state index is 14.2. The van der Waals surface area contributed by atoms with Gasteiger partial charge >= 0.3 is 5.97 Å². The molecule has 0 aromatic heterocycles. The summed E-state index contributed by atoms with van der Waals surface area (Å²) in [4.78, 5) is 16.2. The Bertz CT molecular complexity index is 1250. The molecule has 52 heavy (non-hydrogen) atoms. The fraction of sp³-hybridized carbons (Fsp3) is 0.921. The number of carbonyl (C=O) groups is 1. The number of ether oxygens (including phenoxy) is 7. The molecule has 17 atom stereocenters. The Morgan fingerprint density at radius 1 is 0.981 bits per heavy atom. The van der Waals surface area contributed by atoms with Crippen molar-refractivity contribution >= 4 is 5.97 Å². The summed E-state index contributed by atoms with van der Waals surface area (Å²) in [5.41, 5.74) is -3.27. The average Bonchev–Trinajstić information content (AvgIpc) is 3.41. The number of esters is 1. The van der Waals surface area contributed by atoms with Gasteiger partial charge in [0, 0.05) is 50.9 Å². The Kier molecular flexibility index (Phi) is 13.9. The lowest BCUT2D eigenvalue weighted by Crippen LogP contribution is -2.60. The predicted octanol–water partition coefficient (Wildman–Crippen LogP) is 2.25. The van der Waals surface area contributed by atoms with E-state index in [0.717, 1.165) is 5.57 Å². The molecule has 3 fully saturated rings. The van der Waals surface area contributed by atoms with Gasteiger partial charge in [-0.25, -0.2) is 0 Å². The van der Waals surface area contributed by atoms with E-state index < -0.39 is 102 Å². The molecule has 14 heteroatoms. The lowest BCUT2D eigenvalue weighted by molar-refractivity contribution is -0.317. The zero-order chi connectivity index (χ0) is 39.1. The van der Waals surface area contributed by atoms with Gasteiger partial charge in [-0.15, -0.1) is 0 Å². The molecule has 3 saturated heterocycles. The lowest BCUT2D eigenvalue weighted by atomic mass is 9.78. The van der Waals surface area contributed by atoms with Crippen LogP contribution in [0.3, 0.4) is 0 Å². The zero-order valence-electron chi connectivity index (χ0n) is 33.3. The van der Waals surface area contributed by atoms with E-state index in [2.05, 4.69) is 4.90 Å². The quantitative estimate of drug-likeness (QED) is 0.217. The first-order chi connectivity index (χ1) is 24.1. The number of aliphatic hydroxyl groups excluding tert-OH is 4. The van der Waals surface area contributed by atoms with Crippen LogP contribution in [0.4, 0.5) is 0 Å². The van der Waals surface area contributed by atoms with Gasteiger partial charge in [0.1, 0.15) is 41.4 Å². The summed E-state index contributed by atoms with van der Waals surface area (Å²) >= 11 is 0. The fourth-order valence-corrected chi connectivity index (χ4v) is 8.86. The molecule has 0 spiro atoms. The lowest BCUT2D eigenvalue weighted by Gasteiger charge is -2.48. The Labute approximate surface area is 309 Å². The number of carbonyl (C=O) groups excluding carboxylic acids is 1.